The van der Waals surface area contributed by atoms with Gasteiger partial charge in [0.2, 0.25) is 0 Å². The predicted octanol–water partition coefficient (Wildman–Crippen LogP) is 4.16. The molecule has 0 bridgehead atoms. The van der Waals surface area contributed by atoms with Gasteiger partial charge in [0.25, 0.3) is 0 Å². The second kappa shape index (κ2) is 5.74. The molecule has 0 amide bonds. The van der Waals surface area contributed by atoms with Crippen molar-refractivity contribution in [2.24, 2.45) is 0 Å². The zero-order valence-electron chi connectivity index (χ0n) is 10.5. The molecule has 1 heterocycles. The van der Waals surface area contributed by atoms with Crippen LogP contribution in [0.2, 0.25) is 0 Å². The second-order valence-electron chi connectivity index (χ2n) is 4.20. The molecule has 1 aromatic carbocycles. The van der Waals surface area contributed by atoms with Crippen LogP contribution in [-0.4, -0.2) is 23.0 Å². The standard InChI is InChI=1S/C13H18N2S2/c1-4-10(8-16-3)14-13-15-11-7-9(2)5-6-12(11)17-13/h5-7,10H,4,8H2,1-3H3,(H,14,15). The van der Waals surface area contributed by atoms with Gasteiger partial charge in [0.1, 0.15) is 0 Å². The lowest BCUT2D eigenvalue weighted by atomic mass is 10.2. The number of anilines is 1. The molecule has 4 heteroatoms. The van der Waals surface area contributed by atoms with Crippen LogP contribution >= 0.6 is 23.1 Å². The van der Waals surface area contributed by atoms with Crippen LogP contribution in [0.15, 0.2) is 18.2 Å². The summed E-state index contributed by atoms with van der Waals surface area (Å²) in [5.41, 5.74) is 2.38. The molecular weight excluding hydrogens is 248 g/mol. The Kier molecular flexibility index (Phi) is 4.29. The van der Waals surface area contributed by atoms with Gasteiger partial charge in [-0.2, -0.15) is 11.8 Å². The van der Waals surface area contributed by atoms with Gasteiger partial charge in [-0.25, -0.2) is 4.98 Å². The number of aryl methyl sites for hydroxylation is 1. The third-order valence-corrected chi connectivity index (χ3v) is 4.43. The predicted molar refractivity (Wildman–Crippen MR) is 80.4 cm³/mol. The molecule has 0 aliphatic heterocycles. The summed E-state index contributed by atoms with van der Waals surface area (Å²) in [5, 5.41) is 4.57. The number of hydrogen-bond acceptors (Lipinski definition) is 4. The van der Waals surface area contributed by atoms with Crippen molar-refractivity contribution >= 4 is 38.4 Å². The van der Waals surface area contributed by atoms with E-state index in [2.05, 4.69) is 48.6 Å². The number of thiazole rings is 1. The molecule has 1 N–H and O–H groups in total. The van der Waals surface area contributed by atoms with Gasteiger partial charge < -0.3 is 5.32 Å². The number of fused-ring (bicyclic) bond motifs is 1. The quantitative estimate of drug-likeness (QED) is 0.879. The van der Waals surface area contributed by atoms with E-state index in [1.54, 1.807) is 11.3 Å². The first-order chi connectivity index (χ1) is 8.22. The summed E-state index contributed by atoms with van der Waals surface area (Å²) in [6.07, 6.45) is 3.28. The normalized spacial score (nSPS) is 12.9. The van der Waals surface area contributed by atoms with Crippen molar-refractivity contribution in [2.45, 2.75) is 26.3 Å². The Hall–Kier alpha value is -0.740. The van der Waals surface area contributed by atoms with Crippen LogP contribution < -0.4 is 5.32 Å². The second-order valence-corrected chi connectivity index (χ2v) is 6.14. The third-order valence-electron chi connectivity index (χ3n) is 2.73. The molecule has 0 saturated heterocycles. The topological polar surface area (TPSA) is 24.9 Å². The zero-order valence-corrected chi connectivity index (χ0v) is 12.1. The molecular formula is C13H18N2S2. The first kappa shape index (κ1) is 12.7. The van der Waals surface area contributed by atoms with E-state index >= 15 is 0 Å². The molecule has 17 heavy (non-hydrogen) atoms. The minimum absolute atomic E-state index is 0.520. The molecule has 0 aliphatic carbocycles. The van der Waals surface area contributed by atoms with Crippen molar-refractivity contribution in [1.29, 1.82) is 0 Å². The van der Waals surface area contributed by atoms with Crippen LogP contribution in [0.5, 0.6) is 0 Å². The number of nitrogens with one attached hydrogen (secondary N) is 1. The summed E-state index contributed by atoms with van der Waals surface area (Å²) in [7, 11) is 0. The summed E-state index contributed by atoms with van der Waals surface area (Å²) in [5.74, 6) is 1.13. The Balaban J connectivity index is 2.18. The number of thioether (sulfide) groups is 1. The van der Waals surface area contributed by atoms with Gasteiger partial charge in [-0.15, -0.1) is 0 Å². The molecule has 1 unspecified atom stereocenters. The van der Waals surface area contributed by atoms with Gasteiger partial charge in [0.15, 0.2) is 5.13 Å². The summed E-state index contributed by atoms with van der Waals surface area (Å²) in [4.78, 5) is 4.64. The van der Waals surface area contributed by atoms with Crippen molar-refractivity contribution in [3.05, 3.63) is 23.8 Å². The van der Waals surface area contributed by atoms with E-state index in [1.165, 1.54) is 10.3 Å². The fraction of sp³-hybridized carbons (Fsp3) is 0.462. The molecule has 0 saturated carbocycles. The minimum Gasteiger partial charge on any atom is -0.358 e. The van der Waals surface area contributed by atoms with Crippen LogP contribution in [-0.2, 0) is 0 Å². The molecule has 2 aromatic rings. The van der Waals surface area contributed by atoms with Crippen molar-refractivity contribution < 1.29 is 0 Å². The van der Waals surface area contributed by atoms with Crippen molar-refractivity contribution in [1.82, 2.24) is 4.98 Å². The van der Waals surface area contributed by atoms with Crippen LogP contribution in [0.4, 0.5) is 5.13 Å². The van der Waals surface area contributed by atoms with E-state index in [0.29, 0.717) is 6.04 Å². The Labute approximate surface area is 111 Å². The smallest absolute Gasteiger partial charge is 0.184 e. The molecule has 2 rings (SSSR count). The number of benzene rings is 1. The van der Waals surface area contributed by atoms with Crippen molar-refractivity contribution in [3.8, 4) is 0 Å². The molecule has 1 aromatic heterocycles. The minimum atomic E-state index is 0.520. The number of hydrogen-bond donors (Lipinski definition) is 1. The van der Waals surface area contributed by atoms with Gasteiger partial charge in [0.05, 0.1) is 10.2 Å². The van der Waals surface area contributed by atoms with Crippen molar-refractivity contribution in [3.63, 3.8) is 0 Å². The van der Waals surface area contributed by atoms with Gasteiger partial charge in [-0.05, 0) is 37.3 Å². The number of nitrogens with zero attached hydrogens (tertiary/aromatic N) is 1. The Morgan fingerprint density at radius 2 is 2.29 bits per heavy atom. The fourth-order valence-electron chi connectivity index (χ4n) is 1.74. The van der Waals surface area contributed by atoms with Gasteiger partial charge in [-0.1, -0.05) is 24.3 Å². The highest BCUT2D eigenvalue weighted by Crippen LogP contribution is 2.27. The maximum Gasteiger partial charge on any atom is 0.184 e. The fourth-order valence-corrected chi connectivity index (χ4v) is 3.38. The van der Waals surface area contributed by atoms with Gasteiger partial charge in [0, 0.05) is 11.8 Å². The molecule has 0 spiro atoms. The lowest BCUT2D eigenvalue weighted by molar-refractivity contribution is 0.774. The van der Waals surface area contributed by atoms with E-state index in [0.717, 1.165) is 22.8 Å². The summed E-state index contributed by atoms with van der Waals surface area (Å²) in [6, 6.07) is 6.96. The number of rotatable bonds is 5. The Morgan fingerprint density at radius 1 is 1.47 bits per heavy atom. The van der Waals surface area contributed by atoms with Gasteiger partial charge >= 0.3 is 0 Å². The SMILES string of the molecule is CCC(CSC)Nc1nc2cc(C)ccc2s1. The van der Waals surface area contributed by atoms with Gasteiger partial charge in [-0.3, -0.25) is 0 Å². The van der Waals surface area contributed by atoms with Crippen molar-refractivity contribution in [2.75, 3.05) is 17.3 Å². The highest BCUT2D eigenvalue weighted by atomic mass is 32.2. The van der Waals surface area contributed by atoms with E-state index in [-0.39, 0.29) is 0 Å². The van der Waals surface area contributed by atoms with E-state index in [1.807, 2.05) is 11.8 Å². The average Bonchev–Trinajstić information content (AvgIpc) is 2.69. The summed E-state index contributed by atoms with van der Waals surface area (Å²) < 4.78 is 1.26. The highest BCUT2D eigenvalue weighted by Gasteiger charge is 2.09. The first-order valence-electron chi connectivity index (χ1n) is 5.85. The Bertz CT molecular complexity index is 493. The lowest BCUT2D eigenvalue weighted by Gasteiger charge is -2.14. The molecule has 92 valence electrons. The van der Waals surface area contributed by atoms with Crippen LogP contribution in [0.3, 0.4) is 0 Å². The lowest BCUT2D eigenvalue weighted by Crippen LogP contribution is -2.20. The van der Waals surface area contributed by atoms with Crippen LogP contribution in [0.25, 0.3) is 10.2 Å². The average molecular weight is 266 g/mol. The third kappa shape index (κ3) is 3.13. The van der Waals surface area contributed by atoms with E-state index in [4.69, 9.17) is 0 Å². The monoisotopic (exact) mass is 266 g/mol. The Morgan fingerprint density at radius 3 is 3.00 bits per heavy atom. The summed E-state index contributed by atoms with van der Waals surface area (Å²) in [6.45, 7) is 4.32. The van der Waals surface area contributed by atoms with E-state index in [9.17, 15) is 0 Å². The molecule has 0 radical (unpaired) electrons. The number of aromatic nitrogens is 1. The van der Waals surface area contributed by atoms with Crippen LogP contribution in [0, 0.1) is 6.92 Å². The van der Waals surface area contributed by atoms with Crippen LogP contribution in [0.1, 0.15) is 18.9 Å². The summed E-state index contributed by atoms with van der Waals surface area (Å²) >= 11 is 3.62. The molecule has 1 atom stereocenters. The maximum absolute atomic E-state index is 4.64. The highest BCUT2D eigenvalue weighted by molar-refractivity contribution is 7.98. The first-order valence-corrected chi connectivity index (χ1v) is 8.06. The molecule has 0 aliphatic rings. The largest absolute Gasteiger partial charge is 0.358 e. The maximum atomic E-state index is 4.64. The zero-order chi connectivity index (χ0) is 12.3. The van der Waals surface area contributed by atoms with E-state index < -0.39 is 0 Å². The molecule has 0 fully saturated rings. The molecule has 2 nitrogen and oxygen atoms in total.